The second kappa shape index (κ2) is 9.38. The van der Waals surface area contributed by atoms with Gasteiger partial charge in [0.05, 0.1) is 17.9 Å². The molecule has 0 aliphatic heterocycles. The zero-order valence-corrected chi connectivity index (χ0v) is 18.7. The van der Waals surface area contributed by atoms with Crippen molar-refractivity contribution >= 4 is 11.8 Å². The fourth-order valence-electron chi connectivity index (χ4n) is 3.52. The highest BCUT2D eigenvalue weighted by Gasteiger charge is 2.19. The van der Waals surface area contributed by atoms with Gasteiger partial charge in [0, 0.05) is 5.56 Å². The molecule has 0 atom stereocenters. The molecule has 3 aromatic carbocycles. The highest BCUT2D eigenvalue weighted by molar-refractivity contribution is 7.98. The van der Waals surface area contributed by atoms with Gasteiger partial charge in [-0.15, -0.1) is 10.2 Å². The molecular weight excluding hydrogens is 437 g/mol. The maximum Gasteiger partial charge on any atom is 0.237 e. The number of benzene rings is 3. The molecule has 0 unspecified atom stereocenters. The standard InChI is InChI=1S/C25H20FN5OS/c1-17-9-5-6-12-19(17)23-27-22(32-30-23)16-33-25-29-28-24(20-13-7-8-14-21(20)26)31(25)15-18-10-3-2-4-11-18/h2-14H,15-16H2,1H3. The van der Waals surface area contributed by atoms with Crippen LogP contribution < -0.4 is 0 Å². The lowest BCUT2D eigenvalue weighted by Gasteiger charge is -2.10. The van der Waals surface area contributed by atoms with Gasteiger partial charge < -0.3 is 4.52 Å². The normalized spacial score (nSPS) is 11.1. The van der Waals surface area contributed by atoms with Crippen LogP contribution in [0.25, 0.3) is 22.8 Å². The molecule has 2 heterocycles. The van der Waals surface area contributed by atoms with Crippen molar-refractivity contribution in [1.29, 1.82) is 0 Å². The summed E-state index contributed by atoms with van der Waals surface area (Å²) in [7, 11) is 0. The van der Waals surface area contributed by atoms with Crippen LogP contribution in [0.5, 0.6) is 0 Å². The molecule has 2 aromatic heterocycles. The Hall–Kier alpha value is -3.78. The topological polar surface area (TPSA) is 69.6 Å². The van der Waals surface area contributed by atoms with Gasteiger partial charge in [-0.3, -0.25) is 4.57 Å². The van der Waals surface area contributed by atoms with Crippen molar-refractivity contribution in [2.24, 2.45) is 0 Å². The van der Waals surface area contributed by atoms with E-state index in [0.717, 1.165) is 16.7 Å². The van der Waals surface area contributed by atoms with Crippen molar-refractivity contribution in [2.45, 2.75) is 24.4 Å². The monoisotopic (exact) mass is 457 g/mol. The van der Waals surface area contributed by atoms with Crippen molar-refractivity contribution in [3.63, 3.8) is 0 Å². The van der Waals surface area contributed by atoms with Gasteiger partial charge in [-0.25, -0.2) is 4.39 Å². The first-order valence-electron chi connectivity index (χ1n) is 10.4. The van der Waals surface area contributed by atoms with Crippen molar-refractivity contribution in [3.8, 4) is 22.8 Å². The highest BCUT2D eigenvalue weighted by atomic mass is 32.2. The molecule has 0 fully saturated rings. The Morgan fingerprint density at radius 3 is 2.39 bits per heavy atom. The van der Waals surface area contributed by atoms with E-state index in [1.165, 1.54) is 17.8 Å². The van der Waals surface area contributed by atoms with Crippen molar-refractivity contribution in [2.75, 3.05) is 0 Å². The SMILES string of the molecule is Cc1ccccc1-c1noc(CSc2nnc(-c3ccccc3F)n2Cc2ccccc2)n1. The first kappa shape index (κ1) is 21.1. The number of rotatable bonds is 7. The predicted octanol–water partition coefficient (Wildman–Crippen LogP) is 5.78. The molecule has 0 bridgehead atoms. The van der Waals surface area contributed by atoms with Crippen LogP contribution in [0.15, 0.2) is 88.5 Å². The highest BCUT2D eigenvalue weighted by Crippen LogP contribution is 2.29. The second-order valence-electron chi connectivity index (χ2n) is 7.47. The maximum atomic E-state index is 14.5. The van der Waals surface area contributed by atoms with E-state index in [1.54, 1.807) is 18.2 Å². The van der Waals surface area contributed by atoms with Crippen LogP contribution in [0.3, 0.4) is 0 Å². The van der Waals surface area contributed by atoms with E-state index in [-0.39, 0.29) is 5.82 Å². The van der Waals surface area contributed by atoms with Gasteiger partial charge >= 0.3 is 0 Å². The molecule has 33 heavy (non-hydrogen) atoms. The summed E-state index contributed by atoms with van der Waals surface area (Å²) in [5, 5.41) is 13.4. The lowest BCUT2D eigenvalue weighted by Crippen LogP contribution is -2.05. The predicted molar refractivity (Wildman–Crippen MR) is 125 cm³/mol. The van der Waals surface area contributed by atoms with Gasteiger partial charge in [0.2, 0.25) is 11.7 Å². The molecule has 0 N–H and O–H groups in total. The molecule has 5 rings (SSSR count). The third-order valence-corrected chi connectivity index (χ3v) is 6.15. The average Bonchev–Trinajstić information content (AvgIpc) is 3.46. The molecule has 0 spiro atoms. The molecule has 164 valence electrons. The first-order chi connectivity index (χ1) is 16.2. The summed E-state index contributed by atoms with van der Waals surface area (Å²) in [5.41, 5.74) is 3.49. The Kier molecular flexibility index (Phi) is 5.99. The Bertz CT molecular complexity index is 1380. The Labute approximate surface area is 194 Å². The van der Waals surface area contributed by atoms with Crippen LogP contribution in [-0.2, 0) is 12.3 Å². The molecule has 0 radical (unpaired) electrons. The Balaban J connectivity index is 1.43. The fraction of sp³-hybridized carbons (Fsp3) is 0.120. The van der Waals surface area contributed by atoms with Crippen LogP contribution in [0.1, 0.15) is 17.0 Å². The summed E-state index contributed by atoms with van der Waals surface area (Å²) < 4.78 is 21.9. The van der Waals surface area contributed by atoms with Gasteiger partial charge in [0.1, 0.15) is 5.82 Å². The number of nitrogens with zero attached hydrogens (tertiary/aromatic N) is 5. The molecule has 0 aliphatic rings. The fourth-order valence-corrected chi connectivity index (χ4v) is 4.29. The van der Waals surface area contributed by atoms with Crippen LogP contribution in [0.2, 0.25) is 0 Å². The quantitative estimate of drug-likeness (QED) is 0.289. The maximum absolute atomic E-state index is 14.5. The number of halogens is 1. The number of thioether (sulfide) groups is 1. The van der Waals surface area contributed by atoms with E-state index in [9.17, 15) is 4.39 Å². The molecule has 5 aromatic rings. The molecule has 0 aliphatic carbocycles. The van der Waals surface area contributed by atoms with Crippen molar-refractivity contribution in [1.82, 2.24) is 24.9 Å². The zero-order valence-electron chi connectivity index (χ0n) is 17.9. The number of aryl methyl sites for hydroxylation is 1. The van der Waals surface area contributed by atoms with Gasteiger partial charge in [-0.1, -0.05) is 83.6 Å². The van der Waals surface area contributed by atoms with Gasteiger partial charge in [0.15, 0.2) is 11.0 Å². The summed E-state index contributed by atoms with van der Waals surface area (Å²) in [4.78, 5) is 4.53. The molecular formula is C25H20FN5OS. The largest absolute Gasteiger partial charge is 0.338 e. The van der Waals surface area contributed by atoms with Gasteiger partial charge in [-0.2, -0.15) is 4.98 Å². The zero-order chi connectivity index (χ0) is 22.6. The summed E-state index contributed by atoms with van der Waals surface area (Å²) >= 11 is 1.42. The summed E-state index contributed by atoms with van der Waals surface area (Å²) in [6, 6.07) is 24.4. The van der Waals surface area contributed by atoms with Crippen LogP contribution in [0, 0.1) is 12.7 Å². The lowest BCUT2D eigenvalue weighted by atomic mass is 10.1. The van der Waals surface area contributed by atoms with Gasteiger partial charge in [0.25, 0.3) is 0 Å². The first-order valence-corrected chi connectivity index (χ1v) is 11.4. The minimum Gasteiger partial charge on any atom is -0.338 e. The van der Waals surface area contributed by atoms with Crippen LogP contribution in [-0.4, -0.2) is 24.9 Å². The Morgan fingerprint density at radius 1 is 0.879 bits per heavy atom. The molecule has 0 amide bonds. The third kappa shape index (κ3) is 4.56. The molecule has 0 saturated heterocycles. The van der Waals surface area contributed by atoms with E-state index < -0.39 is 0 Å². The molecule has 0 saturated carbocycles. The minimum absolute atomic E-state index is 0.337. The number of hydrogen-bond acceptors (Lipinski definition) is 6. The molecule has 8 heteroatoms. The van der Waals surface area contributed by atoms with E-state index in [4.69, 9.17) is 4.52 Å². The third-order valence-electron chi connectivity index (χ3n) is 5.19. The van der Waals surface area contributed by atoms with E-state index in [1.807, 2.05) is 66.1 Å². The summed E-state index contributed by atoms with van der Waals surface area (Å²) in [6.45, 7) is 2.52. The minimum atomic E-state index is -0.337. The average molecular weight is 458 g/mol. The number of aromatic nitrogens is 5. The van der Waals surface area contributed by atoms with E-state index >= 15 is 0 Å². The van der Waals surface area contributed by atoms with E-state index in [0.29, 0.717) is 40.6 Å². The van der Waals surface area contributed by atoms with Crippen molar-refractivity contribution < 1.29 is 8.91 Å². The second-order valence-corrected chi connectivity index (χ2v) is 8.42. The molecule has 6 nitrogen and oxygen atoms in total. The van der Waals surface area contributed by atoms with Crippen LogP contribution >= 0.6 is 11.8 Å². The summed E-state index contributed by atoms with van der Waals surface area (Å²) in [6.07, 6.45) is 0. The lowest BCUT2D eigenvalue weighted by molar-refractivity contribution is 0.391. The Morgan fingerprint density at radius 2 is 1.61 bits per heavy atom. The summed E-state index contributed by atoms with van der Waals surface area (Å²) in [5.74, 6) is 1.60. The number of hydrogen-bond donors (Lipinski definition) is 0. The van der Waals surface area contributed by atoms with E-state index in [2.05, 4.69) is 20.3 Å². The van der Waals surface area contributed by atoms with Crippen molar-refractivity contribution in [3.05, 3.63) is 102 Å². The smallest absolute Gasteiger partial charge is 0.237 e. The van der Waals surface area contributed by atoms with Crippen LogP contribution in [0.4, 0.5) is 4.39 Å². The van der Waals surface area contributed by atoms with Gasteiger partial charge in [-0.05, 0) is 30.2 Å².